The molecule has 0 bridgehead atoms. The lowest BCUT2D eigenvalue weighted by Gasteiger charge is -2.19. The normalized spacial score (nSPS) is 12.2. The van der Waals surface area contributed by atoms with E-state index in [0.717, 1.165) is 6.42 Å². The number of aryl methyl sites for hydroxylation is 14. The number of rotatable bonds is 10. The van der Waals surface area contributed by atoms with Crippen LogP contribution in [0.2, 0.25) is 0 Å². The lowest BCUT2D eigenvalue weighted by atomic mass is 9.87. The van der Waals surface area contributed by atoms with Crippen LogP contribution in [0.15, 0.2) is 231 Å². The third-order valence-corrected chi connectivity index (χ3v) is 23.4. The fourth-order valence-electron chi connectivity index (χ4n) is 16.8. The average Bonchev–Trinajstić information content (AvgIpc) is 0.811. The van der Waals surface area contributed by atoms with Crippen LogP contribution in [-0.4, -0.2) is 0 Å². The largest absolute Gasteiger partial charge is 0.280 e. The van der Waals surface area contributed by atoms with E-state index in [1.54, 1.807) is 0 Å². The second kappa shape index (κ2) is 33.1. The summed E-state index contributed by atoms with van der Waals surface area (Å²) in [6.45, 7) is 33.3. The summed E-state index contributed by atoms with van der Waals surface area (Å²) in [6, 6.07) is 77.7. The van der Waals surface area contributed by atoms with Gasteiger partial charge in [-0.25, -0.2) is 0 Å². The Hall–Kier alpha value is -11.0. The third-order valence-electron chi connectivity index (χ3n) is 23.4. The van der Waals surface area contributed by atoms with Gasteiger partial charge in [0.05, 0.1) is 5.39 Å². The van der Waals surface area contributed by atoms with E-state index in [-0.39, 0.29) is 5.41 Å². The number of nitrogens with zero attached hydrogens (tertiary/aromatic N) is 8. The van der Waals surface area contributed by atoms with Crippen molar-refractivity contribution in [1.29, 1.82) is 0 Å². The Morgan fingerprint density at radius 1 is 0.300 bits per heavy atom. The Bertz CT molecular complexity index is 5820. The van der Waals surface area contributed by atoms with Crippen molar-refractivity contribution in [2.75, 3.05) is 0 Å². The maximum Gasteiger partial charge on any atom is 0.280 e. The molecule has 110 heavy (non-hydrogen) atoms. The van der Waals surface area contributed by atoms with Crippen molar-refractivity contribution in [3.05, 3.63) is 309 Å². The molecule has 14 aromatic rings. The third kappa shape index (κ3) is 16.6. The van der Waals surface area contributed by atoms with Crippen molar-refractivity contribution in [2.24, 2.45) is 61.8 Å². The first-order valence-corrected chi connectivity index (χ1v) is 39.5. The Balaban J connectivity index is 0.000000137. The van der Waals surface area contributed by atoms with E-state index in [0.29, 0.717) is 5.92 Å². The minimum atomic E-state index is 0.228. The maximum atomic E-state index is 2.45. The molecule has 6 aromatic carbocycles. The number of hydrogen-bond donors (Lipinski definition) is 0. The molecule has 0 spiro atoms. The molecule has 8 nitrogen and oxygen atoms in total. The van der Waals surface area contributed by atoms with Gasteiger partial charge in [-0.1, -0.05) is 125 Å². The Morgan fingerprint density at radius 2 is 0.791 bits per heavy atom. The van der Waals surface area contributed by atoms with Crippen LogP contribution >= 0.6 is 0 Å². The summed E-state index contributed by atoms with van der Waals surface area (Å²) in [6.07, 6.45) is 13.0. The second-order valence-corrected chi connectivity index (χ2v) is 32.8. The van der Waals surface area contributed by atoms with Crippen LogP contribution in [-0.2, 0) is 62.8 Å². The molecule has 15 rings (SSSR count). The molecule has 0 unspecified atom stereocenters. The fraction of sp³-hybridized carbons (Fsp3) is 0.294. The van der Waals surface area contributed by atoms with E-state index in [4.69, 9.17) is 0 Å². The zero-order valence-electron chi connectivity index (χ0n) is 70.1. The lowest BCUT2D eigenvalue weighted by molar-refractivity contribution is -0.688. The van der Waals surface area contributed by atoms with Gasteiger partial charge in [-0.05, 0) is 228 Å². The van der Waals surface area contributed by atoms with E-state index in [1.807, 2.05) is 0 Å². The first-order chi connectivity index (χ1) is 52.5. The lowest BCUT2D eigenvalue weighted by Crippen LogP contribution is -2.41. The van der Waals surface area contributed by atoms with E-state index in [2.05, 4.69) is 428 Å². The molecule has 1 aliphatic rings. The standard InChI is InChI=1S/C28H32N2.C26H32N2.C25H26N2.C23H28N2/c1-20-11-7-10-14-24(20)25-15-21(18-28(2,3)4)16-27(30(25)6)26-17-22-12-8-9-13-23(22)19-29(26)5;1-18-10-6-9-13-23(18)24-15-22(21-11-7-8-12-21)16-26(28(24)5)25-14-19(2)20(3)17-27(25)4;1-17-10-8-14-21(19(17)3)25-22-13-7-6-12-20(22)16-24(27(25)5)23-15-9-11-18(2)26(23)4;1-15-12-17(3)20(14-16(15)2)22-18(4)13-19(5)23(25(22)7)21-10-8-9-11-24(21)6/h7-17,19H,18H2,1-6H3;6,9-10,13-17,21H,7-8,11-12H2,1-5H3;6-16H,1-5H3;8-14H,1-7H3/q4*+2. The number of aromatic nitrogens is 8. The summed E-state index contributed by atoms with van der Waals surface area (Å²) < 4.78 is 18.4. The van der Waals surface area contributed by atoms with E-state index in [1.165, 1.54) is 216 Å². The molecular weight excluding hydrogens is 1340 g/mol. The summed E-state index contributed by atoms with van der Waals surface area (Å²) in [4.78, 5) is 0. The van der Waals surface area contributed by atoms with Gasteiger partial charge in [0.25, 0.3) is 45.6 Å². The second-order valence-electron chi connectivity index (χ2n) is 32.8. The van der Waals surface area contributed by atoms with Crippen molar-refractivity contribution in [3.63, 3.8) is 0 Å². The van der Waals surface area contributed by atoms with Crippen molar-refractivity contribution in [3.8, 4) is 90.6 Å². The average molecular weight is 1460 g/mol. The van der Waals surface area contributed by atoms with E-state index >= 15 is 0 Å². The van der Waals surface area contributed by atoms with Crippen molar-refractivity contribution in [1.82, 2.24) is 0 Å². The highest BCUT2D eigenvalue weighted by Crippen LogP contribution is 2.39. The molecule has 1 fully saturated rings. The molecule has 0 radical (unpaired) electrons. The minimum absolute atomic E-state index is 0.228. The molecule has 0 amide bonds. The zero-order valence-corrected chi connectivity index (χ0v) is 70.1. The van der Waals surface area contributed by atoms with Crippen LogP contribution in [0.3, 0.4) is 0 Å². The maximum absolute atomic E-state index is 2.45. The summed E-state index contributed by atoms with van der Waals surface area (Å²) in [5.74, 6) is 0.694. The van der Waals surface area contributed by atoms with Gasteiger partial charge < -0.3 is 0 Å². The van der Waals surface area contributed by atoms with Gasteiger partial charge >= 0.3 is 0 Å². The van der Waals surface area contributed by atoms with Crippen LogP contribution in [0.1, 0.15) is 130 Å². The number of pyridine rings is 8. The topological polar surface area (TPSA) is 31.0 Å². The van der Waals surface area contributed by atoms with Crippen molar-refractivity contribution >= 4 is 21.5 Å². The number of benzene rings is 6. The van der Waals surface area contributed by atoms with Gasteiger partial charge in [-0.15, -0.1) is 0 Å². The molecule has 8 heterocycles. The van der Waals surface area contributed by atoms with Gasteiger partial charge in [0, 0.05) is 118 Å². The molecule has 0 atom stereocenters. The summed E-state index contributed by atoms with van der Waals surface area (Å²) in [5, 5.41) is 5.08. The predicted molar refractivity (Wildman–Crippen MR) is 455 cm³/mol. The predicted octanol–water partition coefficient (Wildman–Crippen LogP) is 19.9. The van der Waals surface area contributed by atoms with Gasteiger partial charge in [0.1, 0.15) is 56.4 Å². The Labute approximate surface area is 657 Å². The molecule has 1 saturated carbocycles. The van der Waals surface area contributed by atoms with E-state index in [9.17, 15) is 0 Å². The minimum Gasteiger partial charge on any atom is -0.196 e. The molecular formula is C102H118N8+8. The van der Waals surface area contributed by atoms with Crippen LogP contribution in [0.4, 0.5) is 0 Å². The Kier molecular flexibility index (Phi) is 23.6. The zero-order chi connectivity index (χ0) is 78.7. The highest BCUT2D eigenvalue weighted by molar-refractivity contribution is 5.95. The van der Waals surface area contributed by atoms with Crippen LogP contribution in [0, 0.1) is 88.5 Å². The fourth-order valence-corrected chi connectivity index (χ4v) is 16.8. The van der Waals surface area contributed by atoms with Crippen LogP contribution in [0.25, 0.3) is 112 Å². The first kappa shape index (κ1) is 78.6. The van der Waals surface area contributed by atoms with Crippen LogP contribution < -0.4 is 36.5 Å². The summed E-state index contributed by atoms with van der Waals surface area (Å²) in [5.41, 5.74) is 39.3. The van der Waals surface area contributed by atoms with Crippen molar-refractivity contribution < 1.29 is 36.5 Å². The highest BCUT2D eigenvalue weighted by Gasteiger charge is 2.33. The summed E-state index contributed by atoms with van der Waals surface area (Å²) in [7, 11) is 17.3. The summed E-state index contributed by atoms with van der Waals surface area (Å²) >= 11 is 0. The highest BCUT2D eigenvalue weighted by atomic mass is 15.0. The molecule has 0 N–H and O–H groups in total. The van der Waals surface area contributed by atoms with E-state index < -0.39 is 0 Å². The molecule has 8 heteroatoms. The molecule has 0 saturated heterocycles. The molecule has 0 aliphatic heterocycles. The smallest absolute Gasteiger partial charge is 0.196 e. The molecule has 558 valence electrons. The van der Waals surface area contributed by atoms with Gasteiger partial charge in [0.15, 0.2) is 24.3 Å². The van der Waals surface area contributed by atoms with Gasteiger partial charge in [-0.3, -0.25) is 0 Å². The van der Waals surface area contributed by atoms with Gasteiger partial charge in [0.2, 0.25) is 22.8 Å². The monoisotopic (exact) mass is 1450 g/mol. The number of hydrogen-bond acceptors (Lipinski definition) is 0. The first-order valence-electron chi connectivity index (χ1n) is 39.5. The van der Waals surface area contributed by atoms with Crippen molar-refractivity contribution in [2.45, 2.75) is 142 Å². The number of fused-ring (bicyclic) bond motifs is 2. The van der Waals surface area contributed by atoms with Crippen LogP contribution in [0.5, 0.6) is 0 Å². The SMILES string of the molecule is Cc1cc(-c2cc(C3CCCC3)cc(-c3ccccc3C)[n+]2C)[n+](C)cc1C.Cc1cc(C)c(-c2c(C)cc(C)c(-c3cccc[n+]3C)[n+]2C)cc1C.Cc1cccc(-c2c3ccccc3cc(-c3cccc(C)[n+]3C)[n+]2C)c1C.Cc1ccccc1-c1cc(CC(C)(C)C)cc(-c2cc3ccccc3c[n+]2C)[n+]1C. The van der Waals surface area contributed by atoms with Gasteiger partial charge in [-0.2, -0.15) is 36.5 Å². The molecule has 8 aromatic heterocycles. The molecule has 1 aliphatic carbocycles. The quantitative estimate of drug-likeness (QED) is 0.122. The Morgan fingerprint density at radius 3 is 1.45 bits per heavy atom.